The average Bonchev–Trinajstić information content (AvgIpc) is 2.96. The van der Waals surface area contributed by atoms with E-state index >= 15 is 0 Å². The lowest BCUT2D eigenvalue weighted by atomic mass is 10.3. The summed E-state index contributed by atoms with van der Waals surface area (Å²) in [6.07, 6.45) is 0.127. The molecule has 0 aliphatic heterocycles. The number of aromatic nitrogens is 3. The zero-order valence-corrected chi connectivity index (χ0v) is 13.8. The highest BCUT2D eigenvalue weighted by Gasteiger charge is 2.11. The lowest BCUT2D eigenvalue weighted by molar-refractivity contribution is 0.245. The molecule has 3 aromatic rings. The number of H-pyrrole nitrogens is 1. The summed E-state index contributed by atoms with van der Waals surface area (Å²) in [4.78, 5) is 7.77. The van der Waals surface area contributed by atoms with E-state index in [4.69, 9.17) is 17.0 Å². The van der Waals surface area contributed by atoms with Crippen molar-refractivity contribution >= 4 is 34.6 Å². The summed E-state index contributed by atoms with van der Waals surface area (Å²) in [7, 11) is 0. The topological polar surface area (TPSA) is 42.8 Å². The smallest absolute Gasteiger partial charge is 0.178 e. The molecule has 6 heteroatoms. The summed E-state index contributed by atoms with van der Waals surface area (Å²) in [6, 6.07) is 6.00. The van der Waals surface area contributed by atoms with Crippen LogP contribution in [0.2, 0.25) is 0 Å². The second kappa shape index (κ2) is 5.61. The minimum atomic E-state index is 0.127. The first kappa shape index (κ1) is 14.3. The van der Waals surface area contributed by atoms with Gasteiger partial charge in [-0.15, -0.1) is 11.3 Å². The first-order chi connectivity index (χ1) is 10.0. The molecule has 0 fully saturated rings. The van der Waals surface area contributed by atoms with Gasteiger partial charge in [0.15, 0.2) is 4.77 Å². The number of hydrogen-bond donors (Lipinski definition) is 1. The van der Waals surface area contributed by atoms with Gasteiger partial charge < -0.3 is 14.3 Å². The van der Waals surface area contributed by atoms with E-state index in [2.05, 4.69) is 19.9 Å². The van der Waals surface area contributed by atoms with E-state index in [0.29, 0.717) is 11.3 Å². The molecule has 2 aromatic heterocycles. The number of fused-ring (bicyclic) bond motifs is 1. The minimum absolute atomic E-state index is 0.127. The van der Waals surface area contributed by atoms with Crippen LogP contribution in [0.3, 0.4) is 0 Å². The van der Waals surface area contributed by atoms with Crippen LogP contribution in [-0.2, 0) is 6.54 Å². The number of imidazole rings is 1. The Bertz CT molecular complexity index is 829. The molecule has 110 valence electrons. The average molecular weight is 319 g/mol. The molecule has 1 N–H and O–H groups in total. The van der Waals surface area contributed by atoms with Gasteiger partial charge in [0.05, 0.1) is 28.9 Å². The summed E-state index contributed by atoms with van der Waals surface area (Å²) in [5, 5.41) is 3.14. The number of para-hydroxylation sites is 1. The van der Waals surface area contributed by atoms with Gasteiger partial charge in [0, 0.05) is 5.38 Å². The monoisotopic (exact) mass is 319 g/mol. The summed E-state index contributed by atoms with van der Waals surface area (Å²) in [6.45, 7) is 6.72. The Morgan fingerprint density at radius 3 is 2.90 bits per heavy atom. The van der Waals surface area contributed by atoms with Crippen molar-refractivity contribution in [2.75, 3.05) is 0 Å². The number of rotatable bonds is 4. The van der Waals surface area contributed by atoms with Crippen LogP contribution in [0.4, 0.5) is 0 Å². The second-order valence-electron chi connectivity index (χ2n) is 5.19. The van der Waals surface area contributed by atoms with Crippen molar-refractivity contribution in [2.24, 2.45) is 0 Å². The highest BCUT2D eigenvalue weighted by molar-refractivity contribution is 7.71. The fraction of sp³-hybridized carbons (Fsp3) is 0.333. The maximum absolute atomic E-state index is 5.85. The second-order valence-corrected chi connectivity index (χ2v) is 6.64. The van der Waals surface area contributed by atoms with Gasteiger partial charge in [0.25, 0.3) is 0 Å². The Morgan fingerprint density at radius 2 is 2.24 bits per heavy atom. The predicted octanol–water partition coefficient (Wildman–Crippen LogP) is 4.30. The molecule has 0 unspecified atom stereocenters. The number of nitrogens with one attached hydrogen (secondary N) is 1. The van der Waals surface area contributed by atoms with Gasteiger partial charge in [-0.3, -0.25) is 0 Å². The van der Waals surface area contributed by atoms with Crippen molar-refractivity contribution in [1.29, 1.82) is 0 Å². The Hall–Kier alpha value is -1.66. The van der Waals surface area contributed by atoms with E-state index in [1.165, 1.54) is 0 Å². The molecule has 2 heterocycles. The standard InChI is InChI=1S/C15H17N3OS2/c1-9(2)19-13-6-4-5-12-14(13)17-15(20)18(12)7-11-8-21-10(3)16-11/h4-6,8-9H,7H2,1-3H3,(H,17,20). The SMILES string of the molecule is Cc1nc(Cn2c(=S)[nH]c3c(OC(C)C)cccc32)cs1. The van der Waals surface area contributed by atoms with Gasteiger partial charge in [0.2, 0.25) is 0 Å². The third kappa shape index (κ3) is 2.87. The highest BCUT2D eigenvalue weighted by Crippen LogP contribution is 2.26. The Morgan fingerprint density at radius 1 is 1.43 bits per heavy atom. The van der Waals surface area contributed by atoms with Crippen molar-refractivity contribution in [3.63, 3.8) is 0 Å². The summed E-state index contributed by atoms with van der Waals surface area (Å²) in [5.41, 5.74) is 3.02. The zero-order valence-electron chi connectivity index (χ0n) is 12.2. The molecular formula is C15H17N3OS2. The third-order valence-corrected chi connectivity index (χ3v) is 4.27. The molecule has 0 aliphatic carbocycles. The molecule has 21 heavy (non-hydrogen) atoms. The van der Waals surface area contributed by atoms with Crippen LogP contribution in [0.5, 0.6) is 5.75 Å². The van der Waals surface area contributed by atoms with Gasteiger partial charge >= 0.3 is 0 Å². The lowest BCUT2D eigenvalue weighted by Crippen LogP contribution is -2.06. The van der Waals surface area contributed by atoms with Crippen LogP contribution < -0.4 is 4.74 Å². The first-order valence-corrected chi connectivity index (χ1v) is 8.12. The van der Waals surface area contributed by atoms with Crippen LogP contribution >= 0.6 is 23.6 Å². The lowest BCUT2D eigenvalue weighted by Gasteiger charge is -2.10. The van der Waals surface area contributed by atoms with Crippen molar-refractivity contribution in [1.82, 2.24) is 14.5 Å². The highest BCUT2D eigenvalue weighted by atomic mass is 32.1. The molecule has 0 saturated carbocycles. The van der Waals surface area contributed by atoms with E-state index < -0.39 is 0 Å². The molecule has 1 aromatic carbocycles. The Balaban J connectivity index is 2.07. The van der Waals surface area contributed by atoms with Gasteiger partial charge in [-0.2, -0.15) is 0 Å². The maximum atomic E-state index is 5.85. The van der Waals surface area contributed by atoms with E-state index in [1.54, 1.807) is 11.3 Å². The third-order valence-electron chi connectivity index (χ3n) is 3.12. The van der Waals surface area contributed by atoms with Crippen molar-refractivity contribution in [2.45, 2.75) is 33.4 Å². The van der Waals surface area contributed by atoms with Crippen molar-refractivity contribution in [3.05, 3.63) is 39.1 Å². The number of nitrogens with zero attached hydrogens (tertiary/aromatic N) is 2. The zero-order chi connectivity index (χ0) is 15.0. The van der Waals surface area contributed by atoms with Crippen LogP contribution in [0, 0.1) is 11.7 Å². The number of benzene rings is 1. The van der Waals surface area contributed by atoms with Gasteiger partial charge in [-0.1, -0.05) is 6.07 Å². The number of ether oxygens (including phenoxy) is 1. The molecular weight excluding hydrogens is 302 g/mol. The van der Waals surface area contributed by atoms with E-state index in [0.717, 1.165) is 27.5 Å². The van der Waals surface area contributed by atoms with Crippen molar-refractivity contribution < 1.29 is 4.74 Å². The van der Waals surface area contributed by atoms with E-state index in [9.17, 15) is 0 Å². The van der Waals surface area contributed by atoms with E-state index in [1.807, 2.05) is 39.0 Å². The molecule has 0 amide bonds. The van der Waals surface area contributed by atoms with Gasteiger partial charge in [0.1, 0.15) is 11.3 Å². The number of aromatic amines is 1. The van der Waals surface area contributed by atoms with Gasteiger partial charge in [-0.25, -0.2) is 4.98 Å². The molecule has 0 radical (unpaired) electrons. The minimum Gasteiger partial charge on any atom is -0.489 e. The number of aryl methyl sites for hydroxylation is 1. The van der Waals surface area contributed by atoms with Crippen LogP contribution in [0.25, 0.3) is 11.0 Å². The van der Waals surface area contributed by atoms with Gasteiger partial charge in [-0.05, 0) is 45.1 Å². The molecule has 3 rings (SSSR count). The molecule has 0 aliphatic rings. The molecule has 4 nitrogen and oxygen atoms in total. The number of hydrogen-bond acceptors (Lipinski definition) is 4. The normalized spacial score (nSPS) is 11.4. The Kier molecular flexibility index (Phi) is 3.82. The number of thiazole rings is 1. The maximum Gasteiger partial charge on any atom is 0.178 e. The van der Waals surface area contributed by atoms with Crippen LogP contribution in [0.1, 0.15) is 24.5 Å². The summed E-state index contributed by atoms with van der Waals surface area (Å²) >= 11 is 7.12. The Labute approximate surface area is 132 Å². The molecule has 0 saturated heterocycles. The molecule has 0 atom stereocenters. The quantitative estimate of drug-likeness (QED) is 0.729. The fourth-order valence-electron chi connectivity index (χ4n) is 2.31. The fourth-order valence-corrected chi connectivity index (χ4v) is 3.17. The van der Waals surface area contributed by atoms with Crippen LogP contribution in [0.15, 0.2) is 23.6 Å². The summed E-state index contributed by atoms with van der Waals surface area (Å²) < 4.78 is 8.60. The predicted molar refractivity (Wildman–Crippen MR) is 88.8 cm³/mol. The van der Waals surface area contributed by atoms with E-state index in [-0.39, 0.29) is 6.10 Å². The van der Waals surface area contributed by atoms with Crippen LogP contribution in [-0.4, -0.2) is 20.6 Å². The largest absolute Gasteiger partial charge is 0.489 e. The van der Waals surface area contributed by atoms with Crippen molar-refractivity contribution in [3.8, 4) is 5.75 Å². The summed E-state index contributed by atoms with van der Waals surface area (Å²) in [5.74, 6) is 0.835. The molecule has 0 spiro atoms. The first-order valence-electron chi connectivity index (χ1n) is 6.84. The molecule has 0 bridgehead atoms.